The highest BCUT2D eigenvalue weighted by molar-refractivity contribution is 5.35. The Bertz CT molecular complexity index is 572. The third-order valence-electron chi connectivity index (χ3n) is 4.17. The van der Waals surface area contributed by atoms with E-state index in [1.807, 2.05) is 0 Å². The number of aryl methyl sites for hydroxylation is 3. The molecule has 0 aliphatic rings. The SMILES string of the molecule is CNC(CCc1cccc(C)c1)c1cccc(C)c1C. The molecular formula is C19H25N. The van der Waals surface area contributed by atoms with Gasteiger partial charge in [-0.15, -0.1) is 0 Å². The summed E-state index contributed by atoms with van der Waals surface area (Å²) in [6, 6.07) is 15.8. The second-order valence-corrected chi connectivity index (χ2v) is 5.66. The van der Waals surface area contributed by atoms with Crippen LogP contribution < -0.4 is 5.32 Å². The van der Waals surface area contributed by atoms with E-state index in [0.29, 0.717) is 6.04 Å². The van der Waals surface area contributed by atoms with Crippen LogP contribution >= 0.6 is 0 Å². The summed E-state index contributed by atoms with van der Waals surface area (Å²) in [7, 11) is 2.06. The predicted molar refractivity (Wildman–Crippen MR) is 87.2 cm³/mol. The number of rotatable bonds is 5. The fourth-order valence-corrected chi connectivity index (χ4v) is 2.79. The zero-order valence-electron chi connectivity index (χ0n) is 13.0. The molecule has 1 heteroatoms. The van der Waals surface area contributed by atoms with Gasteiger partial charge >= 0.3 is 0 Å². The van der Waals surface area contributed by atoms with Crippen LogP contribution in [0.15, 0.2) is 42.5 Å². The van der Waals surface area contributed by atoms with Crippen LogP contribution in [0.25, 0.3) is 0 Å². The van der Waals surface area contributed by atoms with E-state index in [0.717, 1.165) is 12.8 Å². The Morgan fingerprint density at radius 1 is 1.00 bits per heavy atom. The lowest BCUT2D eigenvalue weighted by Gasteiger charge is -2.20. The lowest BCUT2D eigenvalue weighted by atomic mass is 9.93. The standard InChI is InChI=1S/C19H25N/c1-14-7-5-9-17(13-14)11-12-19(20-4)18-10-6-8-15(2)16(18)3/h5-10,13,19-20H,11-12H2,1-4H3. The van der Waals surface area contributed by atoms with E-state index in [1.54, 1.807) is 0 Å². The Balaban J connectivity index is 2.11. The summed E-state index contributed by atoms with van der Waals surface area (Å²) >= 11 is 0. The van der Waals surface area contributed by atoms with Crippen molar-refractivity contribution in [2.24, 2.45) is 0 Å². The minimum atomic E-state index is 0.426. The molecular weight excluding hydrogens is 242 g/mol. The molecule has 1 atom stereocenters. The van der Waals surface area contributed by atoms with E-state index in [2.05, 4.69) is 75.6 Å². The first-order valence-electron chi connectivity index (χ1n) is 7.40. The summed E-state index contributed by atoms with van der Waals surface area (Å²) in [5.41, 5.74) is 6.99. The van der Waals surface area contributed by atoms with Gasteiger partial charge in [0.15, 0.2) is 0 Å². The largest absolute Gasteiger partial charge is 0.313 e. The molecule has 0 aliphatic heterocycles. The summed E-state index contributed by atoms with van der Waals surface area (Å²) in [6.07, 6.45) is 2.24. The molecule has 0 aliphatic carbocycles. The number of benzene rings is 2. The zero-order valence-corrected chi connectivity index (χ0v) is 13.0. The van der Waals surface area contributed by atoms with E-state index in [1.165, 1.54) is 27.8 Å². The predicted octanol–water partition coefficient (Wildman–Crippen LogP) is 4.51. The monoisotopic (exact) mass is 267 g/mol. The summed E-state index contributed by atoms with van der Waals surface area (Å²) in [4.78, 5) is 0. The Morgan fingerprint density at radius 3 is 2.45 bits per heavy atom. The average Bonchev–Trinajstić information content (AvgIpc) is 2.44. The van der Waals surface area contributed by atoms with Gasteiger partial charge in [0.05, 0.1) is 0 Å². The van der Waals surface area contributed by atoms with E-state index < -0.39 is 0 Å². The molecule has 2 aromatic rings. The summed E-state index contributed by atoms with van der Waals surface area (Å²) in [6.45, 7) is 6.57. The van der Waals surface area contributed by atoms with Crippen LogP contribution in [0.3, 0.4) is 0 Å². The molecule has 2 aromatic carbocycles. The van der Waals surface area contributed by atoms with Crippen molar-refractivity contribution in [1.29, 1.82) is 0 Å². The molecule has 0 saturated carbocycles. The van der Waals surface area contributed by atoms with E-state index in [4.69, 9.17) is 0 Å². The molecule has 0 spiro atoms. The van der Waals surface area contributed by atoms with Crippen LogP contribution in [0.2, 0.25) is 0 Å². The van der Waals surface area contributed by atoms with Crippen molar-refractivity contribution in [2.75, 3.05) is 7.05 Å². The Kier molecular flexibility index (Phi) is 4.97. The molecule has 0 radical (unpaired) electrons. The molecule has 0 amide bonds. The summed E-state index contributed by atoms with van der Waals surface area (Å²) in [5.74, 6) is 0. The maximum Gasteiger partial charge on any atom is 0.0323 e. The topological polar surface area (TPSA) is 12.0 Å². The molecule has 1 unspecified atom stereocenters. The minimum Gasteiger partial charge on any atom is -0.313 e. The fourth-order valence-electron chi connectivity index (χ4n) is 2.79. The van der Waals surface area contributed by atoms with Crippen molar-refractivity contribution in [2.45, 2.75) is 39.7 Å². The molecule has 0 fully saturated rings. The van der Waals surface area contributed by atoms with Crippen molar-refractivity contribution in [1.82, 2.24) is 5.32 Å². The first-order valence-corrected chi connectivity index (χ1v) is 7.40. The van der Waals surface area contributed by atoms with E-state index in [9.17, 15) is 0 Å². The molecule has 1 N–H and O–H groups in total. The van der Waals surface area contributed by atoms with Gasteiger partial charge < -0.3 is 5.32 Å². The average molecular weight is 267 g/mol. The summed E-state index contributed by atoms with van der Waals surface area (Å²) < 4.78 is 0. The third-order valence-corrected chi connectivity index (χ3v) is 4.17. The van der Waals surface area contributed by atoms with Crippen LogP contribution in [0, 0.1) is 20.8 Å². The second kappa shape index (κ2) is 6.71. The highest BCUT2D eigenvalue weighted by Crippen LogP contribution is 2.24. The Hall–Kier alpha value is -1.60. The lowest BCUT2D eigenvalue weighted by Crippen LogP contribution is -2.18. The van der Waals surface area contributed by atoms with E-state index in [-0.39, 0.29) is 0 Å². The smallest absolute Gasteiger partial charge is 0.0323 e. The van der Waals surface area contributed by atoms with Crippen LogP contribution in [0.5, 0.6) is 0 Å². The molecule has 0 aromatic heterocycles. The van der Waals surface area contributed by atoms with Gasteiger partial charge in [-0.3, -0.25) is 0 Å². The molecule has 0 bridgehead atoms. The number of nitrogens with one attached hydrogen (secondary N) is 1. The van der Waals surface area contributed by atoms with Crippen molar-refractivity contribution in [3.8, 4) is 0 Å². The number of hydrogen-bond acceptors (Lipinski definition) is 1. The van der Waals surface area contributed by atoms with Crippen molar-refractivity contribution >= 4 is 0 Å². The van der Waals surface area contributed by atoms with Crippen molar-refractivity contribution < 1.29 is 0 Å². The number of hydrogen-bond donors (Lipinski definition) is 1. The maximum atomic E-state index is 3.47. The van der Waals surface area contributed by atoms with Gasteiger partial charge in [0.2, 0.25) is 0 Å². The van der Waals surface area contributed by atoms with Gasteiger partial charge in [-0.05, 0) is 62.9 Å². The Morgan fingerprint density at radius 2 is 1.75 bits per heavy atom. The van der Waals surface area contributed by atoms with E-state index >= 15 is 0 Å². The Labute approximate surface area is 123 Å². The van der Waals surface area contributed by atoms with Crippen LogP contribution in [0.4, 0.5) is 0 Å². The quantitative estimate of drug-likeness (QED) is 0.840. The first-order chi connectivity index (χ1) is 9.61. The molecule has 106 valence electrons. The van der Waals surface area contributed by atoms with Gasteiger partial charge in [-0.1, -0.05) is 48.0 Å². The van der Waals surface area contributed by atoms with Gasteiger partial charge in [0, 0.05) is 6.04 Å². The van der Waals surface area contributed by atoms with Crippen molar-refractivity contribution in [3.05, 3.63) is 70.3 Å². The van der Waals surface area contributed by atoms with Crippen LogP contribution in [-0.2, 0) is 6.42 Å². The van der Waals surface area contributed by atoms with Crippen molar-refractivity contribution in [3.63, 3.8) is 0 Å². The zero-order chi connectivity index (χ0) is 14.5. The fraction of sp³-hybridized carbons (Fsp3) is 0.368. The van der Waals surface area contributed by atoms with Gasteiger partial charge in [-0.25, -0.2) is 0 Å². The van der Waals surface area contributed by atoms with Gasteiger partial charge in [0.25, 0.3) is 0 Å². The lowest BCUT2D eigenvalue weighted by molar-refractivity contribution is 0.546. The van der Waals surface area contributed by atoms with Crippen LogP contribution in [-0.4, -0.2) is 7.05 Å². The molecule has 2 rings (SSSR count). The van der Waals surface area contributed by atoms with Crippen LogP contribution in [0.1, 0.15) is 40.3 Å². The molecule has 20 heavy (non-hydrogen) atoms. The maximum absolute atomic E-state index is 3.47. The highest BCUT2D eigenvalue weighted by atomic mass is 14.9. The molecule has 1 nitrogen and oxygen atoms in total. The highest BCUT2D eigenvalue weighted by Gasteiger charge is 2.12. The second-order valence-electron chi connectivity index (χ2n) is 5.66. The van der Waals surface area contributed by atoms with Gasteiger partial charge in [0.1, 0.15) is 0 Å². The summed E-state index contributed by atoms with van der Waals surface area (Å²) in [5, 5.41) is 3.47. The van der Waals surface area contributed by atoms with Gasteiger partial charge in [-0.2, -0.15) is 0 Å². The normalized spacial score (nSPS) is 12.4. The molecule has 0 saturated heterocycles. The molecule has 0 heterocycles. The minimum absolute atomic E-state index is 0.426. The third kappa shape index (κ3) is 3.49. The first kappa shape index (κ1) is 14.8.